The summed E-state index contributed by atoms with van der Waals surface area (Å²) >= 11 is 1.30. The van der Waals surface area contributed by atoms with Crippen LogP contribution in [0.25, 0.3) is 11.4 Å². The zero-order valence-electron chi connectivity index (χ0n) is 10.8. The molecule has 0 saturated carbocycles. The Labute approximate surface area is 105 Å². The highest BCUT2D eigenvalue weighted by molar-refractivity contribution is 7.10. The molecular formula is C11H17N5S. The van der Waals surface area contributed by atoms with Gasteiger partial charge in [0.05, 0.1) is 11.3 Å². The van der Waals surface area contributed by atoms with Gasteiger partial charge in [0, 0.05) is 12.5 Å². The third-order valence-electron chi connectivity index (χ3n) is 2.55. The van der Waals surface area contributed by atoms with E-state index in [4.69, 9.17) is 5.73 Å². The second-order valence-corrected chi connectivity index (χ2v) is 5.94. The van der Waals surface area contributed by atoms with Gasteiger partial charge in [0.25, 0.3) is 0 Å². The number of aryl methyl sites for hydroxylation is 2. The SMILES string of the molecule is Cc1nsc(N)c1-c1nc(C(C)(C)C)nn1C. The molecule has 92 valence electrons. The van der Waals surface area contributed by atoms with E-state index in [0.29, 0.717) is 5.00 Å². The maximum Gasteiger partial charge on any atom is 0.163 e. The minimum absolute atomic E-state index is 0.0673. The van der Waals surface area contributed by atoms with Crippen molar-refractivity contribution in [1.29, 1.82) is 0 Å². The number of nitrogens with zero attached hydrogens (tertiary/aromatic N) is 4. The second-order valence-electron chi connectivity index (χ2n) is 5.14. The zero-order valence-corrected chi connectivity index (χ0v) is 11.6. The molecule has 0 unspecified atom stereocenters. The molecule has 6 heteroatoms. The van der Waals surface area contributed by atoms with Gasteiger partial charge in [-0.3, -0.25) is 0 Å². The fourth-order valence-corrected chi connectivity index (χ4v) is 2.24. The summed E-state index contributed by atoms with van der Waals surface area (Å²) in [5.41, 5.74) is 7.68. The van der Waals surface area contributed by atoms with Gasteiger partial charge in [0.2, 0.25) is 0 Å². The minimum Gasteiger partial charge on any atom is -0.389 e. The molecule has 2 N–H and O–H groups in total. The smallest absolute Gasteiger partial charge is 0.163 e. The Morgan fingerprint density at radius 1 is 1.29 bits per heavy atom. The third kappa shape index (κ3) is 2.04. The van der Waals surface area contributed by atoms with Gasteiger partial charge >= 0.3 is 0 Å². The predicted molar refractivity (Wildman–Crippen MR) is 70.0 cm³/mol. The standard InChI is InChI=1S/C11H17N5S/c1-6-7(8(12)17-15-6)9-13-10(11(2,3)4)14-16(9)5/h12H2,1-5H3. The fraction of sp³-hybridized carbons (Fsp3) is 0.545. The number of nitrogen functional groups attached to an aromatic ring is 1. The highest BCUT2D eigenvalue weighted by Crippen LogP contribution is 2.32. The molecule has 0 amide bonds. The van der Waals surface area contributed by atoms with Gasteiger partial charge < -0.3 is 5.73 Å². The van der Waals surface area contributed by atoms with E-state index in [-0.39, 0.29) is 5.41 Å². The molecule has 0 aliphatic rings. The van der Waals surface area contributed by atoms with Crippen LogP contribution in [0.1, 0.15) is 32.3 Å². The zero-order chi connectivity index (χ0) is 12.8. The van der Waals surface area contributed by atoms with E-state index in [9.17, 15) is 0 Å². The first-order chi connectivity index (χ1) is 7.80. The first kappa shape index (κ1) is 12.0. The maximum atomic E-state index is 5.94. The van der Waals surface area contributed by atoms with Gasteiger partial charge in [-0.1, -0.05) is 20.8 Å². The van der Waals surface area contributed by atoms with Crippen LogP contribution in [0.3, 0.4) is 0 Å². The van der Waals surface area contributed by atoms with E-state index in [1.807, 2.05) is 14.0 Å². The van der Waals surface area contributed by atoms with E-state index >= 15 is 0 Å². The van der Waals surface area contributed by atoms with Crippen molar-refractivity contribution in [3.05, 3.63) is 11.5 Å². The van der Waals surface area contributed by atoms with Crippen molar-refractivity contribution < 1.29 is 0 Å². The van der Waals surface area contributed by atoms with Crippen molar-refractivity contribution in [2.24, 2.45) is 7.05 Å². The molecule has 0 aromatic carbocycles. The van der Waals surface area contributed by atoms with Crippen LogP contribution in [-0.4, -0.2) is 19.1 Å². The van der Waals surface area contributed by atoms with Crippen LogP contribution in [0.2, 0.25) is 0 Å². The van der Waals surface area contributed by atoms with Gasteiger partial charge in [0.1, 0.15) is 5.00 Å². The normalized spacial score (nSPS) is 12.1. The molecule has 0 radical (unpaired) electrons. The summed E-state index contributed by atoms with van der Waals surface area (Å²) in [4.78, 5) is 4.58. The van der Waals surface area contributed by atoms with E-state index in [1.165, 1.54) is 11.5 Å². The van der Waals surface area contributed by atoms with E-state index < -0.39 is 0 Å². The van der Waals surface area contributed by atoms with E-state index in [0.717, 1.165) is 22.9 Å². The van der Waals surface area contributed by atoms with Gasteiger partial charge in [-0.25, -0.2) is 9.67 Å². The second kappa shape index (κ2) is 3.80. The molecule has 0 aliphatic carbocycles. The molecular weight excluding hydrogens is 234 g/mol. The molecule has 0 aliphatic heterocycles. The van der Waals surface area contributed by atoms with Crippen molar-refractivity contribution in [2.75, 3.05) is 5.73 Å². The van der Waals surface area contributed by atoms with Crippen LogP contribution in [0, 0.1) is 6.92 Å². The number of aromatic nitrogens is 4. The molecule has 0 spiro atoms. The third-order valence-corrected chi connectivity index (χ3v) is 3.31. The number of anilines is 1. The van der Waals surface area contributed by atoms with Crippen molar-refractivity contribution in [1.82, 2.24) is 19.1 Å². The summed E-state index contributed by atoms with van der Waals surface area (Å²) in [7, 11) is 1.88. The lowest BCUT2D eigenvalue weighted by atomic mass is 9.96. The molecule has 5 nitrogen and oxygen atoms in total. The Hall–Kier alpha value is -1.43. The average Bonchev–Trinajstić information content (AvgIpc) is 2.70. The predicted octanol–water partition coefficient (Wildman–Crippen LogP) is 2.13. The topological polar surface area (TPSA) is 69.6 Å². The van der Waals surface area contributed by atoms with Crippen LogP contribution in [0.4, 0.5) is 5.00 Å². The summed E-state index contributed by atoms with van der Waals surface area (Å²) in [6.45, 7) is 8.21. The van der Waals surface area contributed by atoms with Crippen LogP contribution < -0.4 is 5.73 Å². The van der Waals surface area contributed by atoms with Gasteiger partial charge in [-0.05, 0) is 18.5 Å². The minimum atomic E-state index is -0.0673. The molecule has 2 rings (SSSR count). The molecule has 0 atom stereocenters. The lowest BCUT2D eigenvalue weighted by Gasteiger charge is -2.11. The van der Waals surface area contributed by atoms with Crippen molar-refractivity contribution in [2.45, 2.75) is 33.1 Å². The number of rotatable bonds is 1. The largest absolute Gasteiger partial charge is 0.389 e. The summed E-state index contributed by atoms with van der Waals surface area (Å²) in [6, 6.07) is 0. The molecule has 2 aromatic rings. The first-order valence-electron chi connectivity index (χ1n) is 5.44. The Balaban J connectivity index is 2.58. The van der Waals surface area contributed by atoms with Gasteiger partial charge in [-0.15, -0.1) is 0 Å². The Kier molecular flexibility index (Phi) is 2.69. The maximum absolute atomic E-state index is 5.94. The van der Waals surface area contributed by atoms with Gasteiger partial charge in [0.15, 0.2) is 11.6 Å². The Morgan fingerprint density at radius 3 is 2.35 bits per heavy atom. The summed E-state index contributed by atoms with van der Waals surface area (Å²) in [6.07, 6.45) is 0. The summed E-state index contributed by atoms with van der Waals surface area (Å²) in [5.74, 6) is 1.61. The van der Waals surface area contributed by atoms with Gasteiger partial charge in [-0.2, -0.15) is 9.47 Å². The van der Waals surface area contributed by atoms with Crippen molar-refractivity contribution in [3.63, 3.8) is 0 Å². The number of hydrogen-bond acceptors (Lipinski definition) is 5. The Morgan fingerprint density at radius 2 is 1.94 bits per heavy atom. The first-order valence-corrected chi connectivity index (χ1v) is 6.21. The number of nitrogens with two attached hydrogens (primary N) is 1. The molecule has 2 heterocycles. The summed E-state index contributed by atoms with van der Waals surface area (Å²) < 4.78 is 6.01. The van der Waals surface area contributed by atoms with E-state index in [1.54, 1.807) is 4.68 Å². The molecule has 0 saturated heterocycles. The average molecular weight is 251 g/mol. The van der Waals surface area contributed by atoms with Crippen molar-refractivity contribution >= 4 is 16.5 Å². The van der Waals surface area contributed by atoms with Crippen LogP contribution in [0.15, 0.2) is 0 Å². The monoisotopic (exact) mass is 251 g/mol. The quantitative estimate of drug-likeness (QED) is 0.843. The highest BCUT2D eigenvalue weighted by Gasteiger charge is 2.23. The summed E-state index contributed by atoms with van der Waals surface area (Å²) in [5, 5.41) is 5.14. The van der Waals surface area contributed by atoms with E-state index in [2.05, 4.69) is 35.2 Å². The molecule has 0 bridgehead atoms. The number of hydrogen-bond donors (Lipinski definition) is 1. The lowest BCUT2D eigenvalue weighted by Crippen LogP contribution is -2.13. The van der Waals surface area contributed by atoms with Crippen molar-refractivity contribution in [3.8, 4) is 11.4 Å². The highest BCUT2D eigenvalue weighted by atomic mass is 32.1. The Bertz CT molecular complexity index is 527. The van der Waals surface area contributed by atoms with Crippen LogP contribution >= 0.6 is 11.5 Å². The van der Waals surface area contributed by atoms with Crippen LogP contribution in [-0.2, 0) is 12.5 Å². The fourth-order valence-electron chi connectivity index (χ4n) is 1.58. The lowest BCUT2D eigenvalue weighted by molar-refractivity contribution is 0.538. The molecule has 0 fully saturated rings. The molecule has 2 aromatic heterocycles. The molecule has 17 heavy (non-hydrogen) atoms. The van der Waals surface area contributed by atoms with Crippen LogP contribution in [0.5, 0.6) is 0 Å².